The Morgan fingerprint density at radius 2 is 1.39 bits per heavy atom. The maximum Gasteiger partial charge on any atom is 0.306 e. The van der Waals surface area contributed by atoms with E-state index in [9.17, 15) is 9.90 Å². The Morgan fingerprint density at radius 1 is 0.903 bits per heavy atom. The summed E-state index contributed by atoms with van der Waals surface area (Å²) >= 11 is 0. The van der Waals surface area contributed by atoms with Gasteiger partial charge in [0.05, 0.1) is 6.61 Å². The van der Waals surface area contributed by atoms with Gasteiger partial charge >= 0.3 is 5.97 Å². The molecule has 1 aliphatic rings. The van der Waals surface area contributed by atoms with Gasteiger partial charge in [-0.25, -0.2) is 10.1 Å². The molecule has 0 aliphatic carbocycles. The van der Waals surface area contributed by atoms with E-state index in [1.165, 1.54) is 77.0 Å². The number of aliphatic hydroxyl groups excluding tert-OH is 2. The molecule has 1 fully saturated rings. The van der Waals surface area contributed by atoms with Gasteiger partial charge in [0.2, 0.25) is 0 Å². The first kappa shape index (κ1) is 28.3. The molecule has 1 aliphatic heterocycles. The third-order valence-corrected chi connectivity index (χ3v) is 6.05. The molecule has 0 spiro atoms. The number of aliphatic hydroxyl groups is 2. The summed E-state index contributed by atoms with van der Waals surface area (Å²) in [5.74, 6) is -0.350. The highest BCUT2D eigenvalue weighted by molar-refractivity contribution is 5.69. The number of unbranched alkanes of at least 4 members (excludes halogenated alkanes) is 14. The Bertz CT molecular complexity index is 432. The van der Waals surface area contributed by atoms with Crippen molar-refractivity contribution in [1.82, 2.24) is 0 Å². The van der Waals surface area contributed by atoms with Gasteiger partial charge in [0.15, 0.2) is 6.29 Å². The second-order valence-corrected chi connectivity index (χ2v) is 8.85. The fourth-order valence-corrected chi connectivity index (χ4v) is 4.14. The van der Waals surface area contributed by atoms with E-state index in [2.05, 4.69) is 11.8 Å². The van der Waals surface area contributed by atoms with Crippen LogP contribution in [0.3, 0.4) is 0 Å². The second-order valence-electron chi connectivity index (χ2n) is 8.85. The lowest BCUT2D eigenvalue weighted by atomic mass is 10.0. The Balaban J connectivity index is 1.94. The van der Waals surface area contributed by atoms with Gasteiger partial charge < -0.3 is 19.7 Å². The fraction of sp³-hybridized carbons (Fsp3) is 0.958. The summed E-state index contributed by atoms with van der Waals surface area (Å²) in [4.78, 5) is 16.2. The number of ether oxygens (including phenoxy) is 2. The first-order valence-electron chi connectivity index (χ1n) is 12.6. The maximum atomic E-state index is 12.1. The van der Waals surface area contributed by atoms with E-state index in [1.807, 2.05) is 0 Å². The van der Waals surface area contributed by atoms with Gasteiger partial charge in [-0.3, -0.25) is 4.79 Å². The summed E-state index contributed by atoms with van der Waals surface area (Å²) in [5.41, 5.74) is 0. The van der Waals surface area contributed by atoms with E-state index in [0.29, 0.717) is 6.42 Å². The highest BCUT2D eigenvalue weighted by Crippen LogP contribution is 2.26. The van der Waals surface area contributed by atoms with Crippen molar-refractivity contribution in [2.24, 2.45) is 0 Å². The van der Waals surface area contributed by atoms with Gasteiger partial charge in [0.1, 0.15) is 18.3 Å². The quantitative estimate of drug-likeness (QED) is 0.103. The summed E-state index contributed by atoms with van der Waals surface area (Å²) in [6.45, 7) is 1.74. The topological polar surface area (TPSA) is 105 Å². The third-order valence-electron chi connectivity index (χ3n) is 6.05. The monoisotopic (exact) mass is 446 g/mol. The molecular weight excluding hydrogens is 400 g/mol. The molecule has 184 valence electrons. The van der Waals surface area contributed by atoms with Gasteiger partial charge in [-0.1, -0.05) is 96.8 Å². The molecule has 0 amide bonds. The van der Waals surface area contributed by atoms with E-state index < -0.39 is 31.2 Å². The van der Waals surface area contributed by atoms with Crippen LogP contribution in [0.1, 0.15) is 116 Å². The average Bonchev–Trinajstić information content (AvgIpc) is 3.18. The van der Waals surface area contributed by atoms with Crippen molar-refractivity contribution < 1.29 is 34.6 Å². The van der Waals surface area contributed by atoms with Crippen LogP contribution in [0.5, 0.6) is 0 Å². The molecule has 31 heavy (non-hydrogen) atoms. The van der Waals surface area contributed by atoms with Crippen molar-refractivity contribution in [3.63, 3.8) is 0 Å². The van der Waals surface area contributed by atoms with Crippen LogP contribution in [0, 0.1) is 0 Å². The Hall–Kier alpha value is -0.730. The summed E-state index contributed by atoms with van der Waals surface area (Å²) in [5, 5.41) is 27.6. The van der Waals surface area contributed by atoms with Crippen LogP contribution in [-0.2, 0) is 19.2 Å². The number of esters is 1. The molecule has 0 saturated carbocycles. The number of hydrogen-bond acceptors (Lipinski definition) is 7. The van der Waals surface area contributed by atoms with E-state index in [4.69, 9.17) is 19.8 Å². The Labute approximate surface area is 188 Å². The zero-order valence-electron chi connectivity index (χ0n) is 19.5. The number of hydrogen-bond donors (Lipinski definition) is 3. The third kappa shape index (κ3) is 13.4. The summed E-state index contributed by atoms with van der Waals surface area (Å²) in [7, 11) is 0. The molecule has 0 bridgehead atoms. The first-order valence-corrected chi connectivity index (χ1v) is 12.6. The molecule has 0 aromatic rings. The van der Waals surface area contributed by atoms with Gasteiger partial charge in [-0.2, -0.15) is 0 Å². The van der Waals surface area contributed by atoms with Crippen LogP contribution in [0.15, 0.2) is 0 Å². The van der Waals surface area contributed by atoms with Crippen LogP contribution in [0.4, 0.5) is 0 Å². The summed E-state index contributed by atoms with van der Waals surface area (Å²) < 4.78 is 10.6. The van der Waals surface area contributed by atoms with Gasteiger partial charge in [-0.05, 0) is 6.42 Å². The minimum Gasteiger partial charge on any atom is -0.459 e. The van der Waals surface area contributed by atoms with Crippen molar-refractivity contribution in [3.8, 4) is 0 Å². The molecule has 0 aromatic heterocycles. The van der Waals surface area contributed by atoms with Gasteiger partial charge in [0, 0.05) is 12.8 Å². The normalized spacial score (nSPS) is 22.0. The number of rotatable bonds is 20. The zero-order chi connectivity index (χ0) is 22.7. The van der Waals surface area contributed by atoms with Crippen LogP contribution in [0.25, 0.3) is 0 Å². The van der Waals surface area contributed by atoms with Crippen LogP contribution < -0.4 is 0 Å². The average molecular weight is 447 g/mol. The van der Waals surface area contributed by atoms with E-state index in [-0.39, 0.29) is 12.4 Å². The summed E-state index contributed by atoms with van der Waals surface area (Å²) in [6.07, 6.45) is 15.7. The highest BCUT2D eigenvalue weighted by Gasteiger charge is 2.42. The molecule has 0 radical (unpaired) electrons. The molecule has 3 N–H and O–H groups in total. The smallest absolute Gasteiger partial charge is 0.306 e. The van der Waals surface area contributed by atoms with Crippen molar-refractivity contribution >= 4 is 5.97 Å². The van der Waals surface area contributed by atoms with Crippen molar-refractivity contribution in [2.75, 3.05) is 6.61 Å². The predicted octanol–water partition coefficient (Wildman–Crippen LogP) is 5.12. The lowest BCUT2D eigenvalue weighted by molar-refractivity contribution is -0.343. The largest absolute Gasteiger partial charge is 0.459 e. The van der Waals surface area contributed by atoms with E-state index in [1.54, 1.807) is 0 Å². The van der Waals surface area contributed by atoms with Crippen molar-refractivity contribution in [3.05, 3.63) is 0 Å². The van der Waals surface area contributed by atoms with Crippen LogP contribution in [0.2, 0.25) is 0 Å². The lowest BCUT2D eigenvalue weighted by Gasteiger charge is -2.22. The fourth-order valence-electron chi connectivity index (χ4n) is 4.14. The number of carbonyl (C=O) groups excluding carboxylic acids is 1. The molecule has 4 atom stereocenters. The second kappa shape index (κ2) is 18.8. The van der Waals surface area contributed by atoms with E-state index >= 15 is 0 Å². The number of carbonyl (C=O) groups is 1. The molecular formula is C24H46O7. The van der Waals surface area contributed by atoms with Crippen molar-refractivity contribution in [2.45, 2.75) is 141 Å². The minimum atomic E-state index is -1.19. The van der Waals surface area contributed by atoms with E-state index in [0.717, 1.165) is 19.3 Å². The highest BCUT2D eigenvalue weighted by atomic mass is 17.1. The Kier molecular flexibility index (Phi) is 17.2. The van der Waals surface area contributed by atoms with Crippen LogP contribution in [-0.4, -0.2) is 52.6 Å². The molecule has 1 rings (SSSR count). The standard InChI is InChI=1S/C24H46O7/c1-2-3-4-5-6-7-8-9-10-11-12-13-14-15-16-17-22(27)29-21-18-23(31-28)30-24(21)20(26)19-25/h20-21,23-26,28H,2-19H2,1H3/t20-,21+,23+,24-/m0/s1. The lowest BCUT2D eigenvalue weighted by Crippen LogP contribution is -2.39. The van der Waals surface area contributed by atoms with Gasteiger partial charge in [0.25, 0.3) is 0 Å². The molecule has 1 heterocycles. The Morgan fingerprint density at radius 3 is 1.84 bits per heavy atom. The SMILES string of the molecule is CCCCCCCCCCCCCCCCCC(=O)O[C@@H]1C[C@@H](OO)O[C@H]1[C@@H](O)CO. The maximum absolute atomic E-state index is 12.1. The van der Waals surface area contributed by atoms with Crippen LogP contribution >= 0.6 is 0 Å². The molecule has 1 saturated heterocycles. The van der Waals surface area contributed by atoms with Crippen molar-refractivity contribution in [1.29, 1.82) is 0 Å². The predicted molar refractivity (Wildman–Crippen MR) is 120 cm³/mol. The first-order chi connectivity index (χ1) is 15.1. The van der Waals surface area contributed by atoms with Gasteiger partial charge in [-0.15, -0.1) is 0 Å². The zero-order valence-corrected chi connectivity index (χ0v) is 19.5. The molecule has 7 heteroatoms. The summed E-state index contributed by atoms with van der Waals surface area (Å²) in [6, 6.07) is 0. The minimum absolute atomic E-state index is 0.128. The molecule has 0 unspecified atom stereocenters. The molecule has 0 aromatic carbocycles. The molecule has 7 nitrogen and oxygen atoms in total.